The van der Waals surface area contributed by atoms with Gasteiger partial charge in [0.05, 0.1) is 23.4 Å². The van der Waals surface area contributed by atoms with Gasteiger partial charge in [-0.3, -0.25) is 4.98 Å². The quantitative estimate of drug-likeness (QED) is 0.769. The molecule has 1 aromatic carbocycles. The first-order valence-corrected chi connectivity index (χ1v) is 7.63. The molecule has 2 rings (SSSR count). The Kier molecular flexibility index (Phi) is 5.47. The lowest BCUT2D eigenvalue weighted by molar-refractivity contribution is 0.301. The molecule has 0 spiro atoms. The molecule has 1 aromatic heterocycles. The summed E-state index contributed by atoms with van der Waals surface area (Å²) < 4.78 is 0. The summed E-state index contributed by atoms with van der Waals surface area (Å²) in [4.78, 5) is 6.92. The molecule has 4 nitrogen and oxygen atoms in total. The number of rotatable bonds is 7. The second kappa shape index (κ2) is 7.33. The predicted molar refractivity (Wildman–Crippen MR) is 91.8 cm³/mol. The molecular weight excluding hydrogens is 282 g/mol. The summed E-state index contributed by atoms with van der Waals surface area (Å²) >= 11 is 5.18. The average molecular weight is 303 g/mol. The number of anilines is 1. The Hall–Kier alpha value is -1.72. The molecule has 0 amide bonds. The molecule has 0 saturated carbocycles. The van der Waals surface area contributed by atoms with Crippen LogP contribution >= 0.6 is 12.2 Å². The molecule has 0 atom stereocenters. The molecule has 0 radical (unpaired) electrons. The monoisotopic (exact) mass is 303 g/mol. The Bertz CT molecular complexity index is 630. The topological polar surface area (TPSA) is 62.4 Å². The van der Waals surface area contributed by atoms with Gasteiger partial charge in [-0.15, -0.1) is 0 Å². The van der Waals surface area contributed by atoms with Crippen LogP contribution in [0.4, 0.5) is 5.69 Å². The number of pyridine rings is 1. The largest absolute Gasteiger partial charge is 0.395 e. The van der Waals surface area contributed by atoms with Gasteiger partial charge in [-0.2, -0.15) is 0 Å². The highest BCUT2D eigenvalue weighted by molar-refractivity contribution is 7.80. The minimum Gasteiger partial charge on any atom is -0.395 e. The van der Waals surface area contributed by atoms with E-state index in [0.717, 1.165) is 41.5 Å². The van der Waals surface area contributed by atoms with E-state index in [1.165, 1.54) is 0 Å². The van der Waals surface area contributed by atoms with Crippen molar-refractivity contribution in [1.82, 2.24) is 4.98 Å². The lowest BCUT2D eigenvalue weighted by Crippen LogP contribution is -2.30. The van der Waals surface area contributed by atoms with E-state index in [4.69, 9.17) is 18.0 Å². The minimum absolute atomic E-state index is 0.0944. The van der Waals surface area contributed by atoms with Crippen LogP contribution in [0, 0.1) is 0 Å². The molecule has 2 aromatic rings. The third kappa shape index (κ3) is 3.49. The summed E-state index contributed by atoms with van der Waals surface area (Å²) in [7, 11) is 0. The predicted octanol–water partition coefficient (Wildman–Crippen LogP) is 2.47. The number of aromatic nitrogens is 1. The molecule has 5 heteroatoms. The maximum atomic E-state index is 9.38. The summed E-state index contributed by atoms with van der Waals surface area (Å²) in [6.45, 7) is 3.66. The van der Waals surface area contributed by atoms with Gasteiger partial charge in [0.2, 0.25) is 0 Å². The molecule has 0 unspecified atom stereocenters. The highest BCUT2D eigenvalue weighted by atomic mass is 32.1. The summed E-state index contributed by atoms with van der Waals surface area (Å²) in [5, 5.41) is 10.4. The van der Waals surface area contributed by atoms with Gasteiger partial charge in [-0.1, -0.05) is 43.8 Å². The van der Waals surface area contributed by atoms with E-state index in [9.17, 15) is 5.11 Å². The molecule has 112 valence electrons. The molecule has 21 heavy (non-hydrogen) atoms. The number of fused-ring (bicyclic) bond motifs is 1. The number of thiocarbonyl (C=S) groups is 1. The Labute approximate surface area is 130 Å². The number of hydrogen-bond acceptors (Lipinski definition) is 4. The van der Waals surface area contributed by atoms with Gasteiger partial charge in [0.25, 0.3) is 0 Å². The van der Waals surface area contributed by atoms with E-state index >= 15 is 0 Å². The highest BCUT2D eigenvalue weighted by Crippen LogP contribution is 2.29. The lowest BCUT2D eigenvalue weighted by atomic mass is 10.1. The number of para-hydroxylation sites is 1. The first-order valence-electron chi connectivity index (χ1n) is 7.22. The van der Waals surface area contributed by atoms with Gasteiger partial charge in [0.1, 0.15) is 4.99 Å². The molecule has 3 N–H and O–H groups in total. The second-order valence-electron chi connectivity index (χ2n) is 4.97. The Morgan fingerprint density at radius 1 is 1.33 bits per heavy atom. The van der Waals surface area contributed by atoms with Crippen LogP contribution in [0.5, 0.6) is 0 Å². The SMILES string of the molecule is CCCCN(CCO)c1c(C(N)=S)cnc2ccccc12. The van der Waals surface area contributed by atoms with Crippen LogP contribution in [0.3, 0.4) is 0 Å². The molecule has 0 aliphatic carbocycles. The van der Waals surface area contributed by atoms with Crippen LogP contribution in [0.1, 0.15) is 25.3 Å². The number of nitrogens with zero attached hydrogens (tertiary/aromatic N) is 2. The fraction of sp³-hybridized carbons (Fsp3) is 0.375. The Balaban J connectivity index is 2.60. The first kappa shape index (κ1) is 15.7. The zero-order valence-corrected chi connectivity index (χ0v) is 13.1. The molecule has 1 heterocycles. The standard InChI is InChI=1S/C16H21N3OS/c1-2-3-8-19(9-10-20)15-12-6-4-5-7-14(12)18-11-13(15)16(17)21/h4-7,11,20H,2-3,8-10H2,1H3,(H2,17,21). The third-order valence-electron chi connectivity index (χ3n) is 3.48. The van der Waals surface area contributed by atoms with Gasteiger partial charge in [-0.05, 0) is 12.5 Å². The van der Waals surface area contributed by atoms with Crippen molar-refractivity contribution in [3.63, 3.8) is 0 Å². The number of nitrogens with two attached hydrogens (primary N) is 1. The van der Waals surface area contributed by atoms with E-state index in [2.05, 4.69) is 16.8 Å². The molecule has 0 bridgehead atoms. The number of unbranched alkanes of at least 4 members (excludes halogenated alkanes) is 1. The van der Waals surface area contributed by atoms with Crippen LogP contribution in [-0.2, 0) is 0 Å². The fourth-order valence-electron chi connectivity index (χ4n) is 2.45. The van der Waals surface area contributed by atoms with Crippen molar-refractivity contribution >= 4 is 33.8 Å². The summed E-state index contributed by atoms with van der Waals surface area (Å²) in [5.74, 6) is 0. The van der Waals surface area contributed by atoms with Crippen molar-refractivity contribution in [2.75, 3.05) is 24.6 Å². The number of hydrogen-bond donors (Lipinski definition) is 2. The zero-order chi connectivity index (χ0) is 15.2. The number of aliphatic hydroxyl groups is 1. The smallest absolute Gasteiger partial charge is 0.107 e. The number of benzene rings is 1. The zero-order valence-electron chi connectivity index (χ0n) is 12.2. The van der Waals surface area contributed by atoms with Gasteiger partial charge < -0.3 is 15.7 Å². The third-order valence-corrected chi connectivity index (χ3v) is 3.70. The minimum atomic E-state index is 0.0944. The molecule has 0 fully saturated rings. The first-order chi connectivity index (χ1) is 10.2. The van der Waals surface area contributed by atoms with Crippen LogP contribution in [0.25, 0.3) is 10.9 Å². The van der Waals surface area contributed by atoms with Crippen LogP contribution in [0.2, 0.25) is 0 Å². The van der Waals surface area contributed by atoms with Crippen LogP contribution in [-0.4, -0.2) is 34.8 Å². The van der Waals surface area contributed by atoms with Crippen LogP contribution in [0.15, 0.2) is 30.5 Å². The van der Waals surface area contributed by atoms with E-state index in [1.807, 2.05) is 24.3 Å². The van der Waals surface area contributed by atoms with E-state index in [1.54, 1.807) is 6.20 Å². The van der Waals surface area contributed by atoms with Gasteiger partial charge in [-0.25, -0.2) is 0 Å². The van der Waals surface area contributed by atoms with E-state index in [-0.39, 0.29) is 6.61 Å². The summed E-state index contributed by atoms with van der Waals surface area (Å²) in [6, 6.07) is 7.94. The van der Waals surface area contributed by atoms with Crippen LogP contribution < -0.4 is 10.6 Å². The normalized spacial score (nSPS) is 10.8. The maximum Gasteiger partial charge on any atom is 0.107 e. The van der Waals surface area contributed by atoms with Crippen molar-refractivity contribution in [3.8, 4) is 0 Å². The molecule has 0 aliphatic heterocycles. The Morgan fingerprint density at radius 2 is 2.10 bits per heavy atom. The van der Waals surface area contributed by atoms with Gasteiger partial charge in [0, 0.05) is 24.7 Å². The summed E-state index contributed by atoms with van der Waals surface area (Å²) in [6.07, 6.45) is 3.87. The van der Waals surface area contributed by atoms with Crippen molar-refractivity contribution in [1.29, 1.82) is 0 Å². The molecule has 0 saturated heterocycles. The van der Waals surface area contributed by atoms with Crippen molar-refractivity contribution in [3.05, 3.63) is 36.0 Å². The Morgan fingerprint density at radius 3 is 2.76 bits per heavy atom. The van der Waals surface area contributed by atoms with E-state index in [0.29, 0.717) is 11.5 Å². The van der Waals surface area contributed by atoms with Gasteiger partial charge in [0.15, 0.2) is 0 Å². The van der Waals surface area contributed by atoms with Crippen molar-refractivity contribution < 1.29 is 5.11 Å². The van der Waals surface area contributed by atoms with E-state index < -0.39 is 0 Å². The van der Waals surface area contributed by atoms with Crippen molar-refractivity contribution in [2.24, 2.45) is 5.73 Å². The lowest BCUT2D eigenvalue weighted by Gasteiger charge is -2.27. The maximum absolute atomic E-state index is 9.38. The summed E-state index contributed by atoms with van der Waals surface area (Å²) in [5.41, 5.74) is 8.53. The molecule has 0 aliphatic rings. The van der Waals surface area contributed by atoms with Crippen molar-refractivity contribution in [2.45, 2.75) is 19.8 Å². The average Bonchev–Trinajstić information content (AvgIpc) is 2.50. The van der Waals surface area contributed by atoms with Gasteiger partial charge >= 0.3 is 0 Å². The fourth-order valence-corrected chi connectivity index (χ4v) is 2.60. The highest BCUT2D eigenvalue weighted by Gasteiger charge is 2.16. The second-order valence-corrected chi connectivity index (χ2v) is 5.41. The molecular formula is C16H21N3OS. The number of aliphatic hydroxyl groups excluding tert-OH is 1.